The van der Waals surface area contributed by atoms with Gasteiger partial charge in [0.25, 0.3) is 0 Å². The Balaban J connectivity index is 1.86. The molecule has 6 heteroatoms. The van der Waals surface area contributed by atoms with Gasteiger partial charge in [0.2, 0.25) is 5.91 Å². The van der Waals surface area contributed by atoms with Gasteiger partial charge >= 0.3 is 0 Å². The van der Waals surface area contributed by atoms with Crippen molar-refractivity contribution in [3.63, 3.8) is 0 Å². The van der Waals surface area contributed by atoms with Crippen LogP contribution in [0.3, 0.4) is 0 Å². The van der Waals surface area contributed by atoms with Crippen molar-refractivity contribution >= 4 is 40.5 Å². The first kappa shape index (κ1) is 17.2. The van der Waals surface area contributed by atoms with Crippen LogP contribution >= 0.6 is 23.8 Å². The molecule has 0 heterocycles. The Morgan fingerprint density at radius 3 is 2.57 bits per heavy atom. The predicted molar refractivity (Wildman–Crippen MR) is 98.6 cm³/mol. The van der Waals surface area contributed by atoms with Crippen molar-refractivity contribution in [3.05, 3.63) is 64.2 Å². The standard InChI is InChI=1S/C17H18ClN3OS/c1-11-6-5-9-15(12(11)2)19-17(23)21-20-16(22)10-13-7-3-4-8-14(13)18/h3-9H,10H2,1-2H3,(H,20,22)(H2,19,21,23). The number of aryl methyl sites for hydroxylation is 1. The van der Waals surface area contributed by atoms with Gasteiger partial charge in [-0.3, -0.25) is 15.6 Å². The molecular formula is C17H18ClN3OS. The van der Waals surface area contributed by atoms with Crippen LogP contribution in [0.25, 0.3) is 0 Å². The summed E-state index contributed by atoms with van der Waals surface area (Å²) in [6.45, 7) is 4.04. The average Bonchev–Trinajstić information content (AvgIpc) is 2.52. The quantitative estimate of drug-likeness (QED) is 0.587. The van der Waals surface area contributed by atoms with Gasteiger partial charge in [-0.15, -0.1) is 0 Å². The lowest BCUT2D eigenvalue weighted by Crippen LogP contribution is -2.44. The van der Waals surface area contributed by atoms with E-state index in [9.17, 15) is 4.79 Å². The number of carbonyl (C=O) groups excluding carboxylic acids is 1. The third-order valence-electron chi connectivity index (χ3n) is 3.48. The fourth-order valence-electron chi connectivity index (χ4n) is 2.03. The molecule has 2 rings (SSSR count). The highest BCUT2D eigenvalue weighted by molar-refractivity contribution is 7.80. The topological polar surface area (TPSA) is 53.2 Å². The molecule has 0 aliphatic rings. The van der Waals surface area contributed by atoms with Crippen LogP contribution in [0, 0.1) is 13.8 Å². The van der Waals surface area contributed by atoms with E-state index in [0.717, 1.165) is 16.8 Å². The lowest BCUT2D eigenvalue weighted by Gasteiger charge is -2.14. The summed E-state index contributed by atoms with van der Waals surface area (Å²) in [6.07, 6.45) is 0.179. The summed E-state index contributed by atoms with van der Waals surface area (Å²) in [5, 5.41) is 3.95. The van der Waals surface area contributed by atoms with Crippen LogP contribution in [0.2, 0.25) is 5.02 Å². The van der Waals surface area contributed by atoms with Crippen molar-refractivity contribution in [3.8, 4) is 0 Å². The van der Waals surface area contributed by atoms with E-state index in [4.69, 9.17) is 23.8 Å². The van der Waals surface area contributed by atoms with E-state index in [0.29, 0.717) is 10.1 Å². The normalized spacial score (nSPS) is 10.0. The molecule has 0 saturated carbocycles. The maximum Gasteiger partial charge on any atom is 0.242 e. The summed E-state index contributed by atoms with van der Waals surface area (Å²) in [4.78, 5) is 11.9. The zero-order valence-corrected chi connectivity index (χ0v) is 14.5. The molecule has 1 amide bonds. The number of amides is 1. The number of hydrogen-bond donors (Lipinski definition) is 3. The molecule has 2 aromatic carbocycles. The zero-order valence-electron chi connectivity index (χ0n) is 12.9. The average molecular weight is 348 g/mol. The van der Waals surface area contributed by atoms with E-state index in [1.54, 1.807) is 6.07 Å². The fraction of sp³-hybridized carbons (Fsp3) is 0.176. The molecule has 23 heavy (non-hydrogen) atoms. The van der Waals surface area contributed by atoms with Crippen LogP contribution in [-0.4, -0.2) is 11.0 Å². The molecular weight excluding hydrogens is 330 g/mol. The number of nitrogens with one attached hydrogen (secondary N) is 3. The smallest absolute Gasteiger partial charge is 0.242 e. The van der Waals surface area contributed by atoms with Crippen LogP contribution in [-0.2, 0) is 11.2 Å². The third kappa shape index (κ3) is 4.94. The number of thiocarbonyl (C=S) groups is 1. The molecule has 0 radical (unpaired) electrons. The van der Waals surface area contributed by atoms with Gasteiger partial charge < -0.3 is 5.32 Å². The second-order valence-electron chi connectivity index (χ2n) is 5.14. The Labute approximate surface area is 146 Å². The van der Waals surface area contributed by atoms with Crippen LogP contribution in [0.1, 0.15) is 16.7 Å². The number of rotatable bonds is 3. The number of carbonyl (C=O) groups is 1. The van der Waals surface area contributed by atoms with E-state index in [1.807, 2.05) is 50.2 Å². The van der Waals surface area contributed by atoms with Gasteiger partial charge in [0.05, 0.1) is 6.42 Å². The second kappa shape index (κ2) is 7.94. The van der Waals surface area contributed by atoms with Crippen molar-refractivity contribution in [2.75, 3.05) is 5.32 Å². The minimum absolute atomic E-state index is 0.179. The molecule has 2 aromatic rings. The van der Waals surface area contributed by atoms with Crippen molar-refractivity contribution in [1.29, 1.82) is 0 Å². The molecule has 120 valence electrons. The third-order valence-corrected chi connectivity index (χ3v) is 4.05. The molecule has 0 atom stereocenters. The zero-order chi connectivity index (χ0) is 16.8. The van der Waals surface area contributed by atoms with Crippen LogP contribution in [0.15, 0.2) is 42.5 Å². The maximum atomic E-state index is 11.9. The first-order chi connectivity index (χ1) is 11.0. The molecule has 0 aliphatic heterocycles. The highest BCUT2D eigenvalue weighted by Crippen LogP contribution is 2.17. The van der Waals surface area contributed by atoms with Gasteiger partial charge in [-0.1, -0.05) is 41.9 Å². The van der Waals surface area contributed by atoms with Crippen molar-refractivity contribution in [1.82, 2.24) is 10.9 Å². The monoisotopic (exact) mass is 347 g/mol. The molecule has 0 spiro atoms. The summed E-state index contributed by atoms with van der Waals surface area (Å²) in [6, 6.07) is 13.1. The summed E-state index contributed by atoms with van der Waals surface area (Å²) in [5.74, 6) is -0.219. The predicted octanol–water partition coefficient (Wildman–Crippen LogP) is 3.52. The van der Waals surface area contributed by atoms with Crippen molar-refractivity contribution in [2.45, 2.75) is 20.3 Å². The number of hydrogen-bond acceptors (Lipinski definition) is 2. The highest BCUT2D eigenvalue weighted by atomic mass is 35.5. The summed E-state index contributed by atoms with van der Waals surface area (Å²) < 4.78 is 0. The molecule has 4 nitrogen and oxygen atoms in total. The molecule has 0 unspecified atom stereocenters. The van der Waals surface area contributed by atoms with E-state index in [1.165, 1.54) is 5.56 Å². The molecule has 0 saturated heterocycles. The lowest BCUT2D eigenvalue weighted by atomic mass is 10.1. The van der Waals surface area contributed by atoms with Crippen LogP contribution in [0.4, 0.5) is 5.69 Å². The maximum absolute atomic E-state index is 11.9. The largest absolute Gasteiger partial charge is 0.331 e. The first-order valence-corrected chi connectivity index (χ1v) is 7.91. The summed E-state index contributed by atoms with van der Waals surface area (Å²) in [7, 11) is 0. The van der Waals surface area contributed by atoms with Crippen LogP contribution in [0.5, 0.6) is 0 Å². The molecule has 0 bridgehead atoms. The van der Waals surface area contributed by atoms with Gasteiger partial charge in [-0.05, 0) is 54.9 Å². The Bertz CT molecular complexity index is 734. The van der Waals surface area contributed by atoms with Gasteiger partial charge in [0.1, 0.15) is 0 Å². The van der Waals surface area contributed by atoms with Gasteiger partial charge in [0, 0.05) is 10.7 Å². The number of anilines is 1. The SMILES string of the molecule is Cc1cccc(NC(=S)NNC(=O)Cc2ccccc2Cl)c1C. The molecule has 3 N–H and O–H groups in total. The van der Waals surface area contributed by atoms with Crippen molar-refractivity contribution in [2.24, 2.45) is 0 Å². The van der Waals surface area contributed by atoms with Gasteiger partial charge in [-0.25, -0.2) is 0 Å². The van der Waals surface area contributed by atoms with E-state index >= 15 is 0 Å². The minimum atomic E-state index is -0.219. The minimum Gasteiger partial charge on any atom is -0.331 e. The van der Waals surface area contributed by atoms with E-state index in [-0.39, 0.29) is 12.3 Å². The van der Waals surface area contributed by atoms with E-state index < -0.39 is 0 Å². The Hall–Kier alpha value is -2.11. The van der Waals surface area contributed by atoms with Gasteiger partial charge in [-0.2, -0.15) is 0 Å². The summed E-state index contributed by atoms with van der Waals surface area (Å²) >= 11 is 11.2. The number of benzene rings is 2. The fourth-order valence-corrected chi connectivity index (χ4v) is 2.39. The summed E-state index contributed by atoms with van der Waals surface area (Å²) in [5.41, 5.74) is 9.20. The second-order valence-corrected chi connectivity index (χ2v) is 5.96. The van der Waals surface area contributed by atoms with E-state index in [2.05, 4.69) is 16.2 Å². The highest BCUT2D eigenvalue weighted by Gasteiger charge is 2.07. The molecule has 0 fully saturated rings. The Morgan fingerprint density at radius 1 is 1.09 bits per heavy atom. The molecule has 0 aliphatic carbocycles. The van der Waals surface area contributed by atoms with Gasteiger partial charge in [0.15, 0.2) is 5.11 Å². The van der Waals surface area contributed by atoms with Crippen molar-refractivity contribution < 1.29 is 4.79 Å². The Kier molecular flexibility index (Phi) is 5.96. The molecule has 0 aromatic heterocycles. The number of halogens is 1. The Morgan fingerprint density at radius 2 is 1.83 bits per heavy atom. The lowest BCUT2D eigenvalue weighted by molar-refractivity contribution is -0.120. The first-order valence-electron chi connectivity index (χ1n) is 7.13. The van der Waals surface area contributed by atoms with Crippen LogP contribution < -0.4 is 16.2 Å². The number of hydrazine groups is 1.